The number of benzene rings is 2. The summed E-state index contributed by atoms with van der Waals surface area (Å²) in [4.78, 5) is 17.6. The summed E-state index contributed by atoms with van der Waals surface area (Å²) in [7, 11) is 0. The zero-order valence-corrected chi connectivity index (χ0v) is 16.4. The molecule has 2 aromatic heterocycles. The monoisotopic (exact) mass is 385 g/mol. The van der Waals surface area contributed by atoms with Gasteiger partial charge in [0.1, 0.15) is 22.7 Å². The van der Waals surface area contributed by atoms with Crippen molar-refractivity contribution in [2.45, 2.75) is 38.3 Å². The summed E-state index contributed by atoms with van der Waals surface area (Å²) in [5.74, 6) is 1.28. The van der Waals surface area contributed by atoms with Gasteiger partial charge in [0.05, 0.1) is 6.20 Å². The minimum absolute atomic E-state index is 0.0384. The number of rotatable bonds is 6. The molecule has 2 heterocycles. The smallest absolute Gasteiger partial charge is 0.277 e. The van der Waals surface area contributed by atoms with Crippen LogP contribution < -0.4 is 10.9 Å². The van der Waals surface area contributed by atoms with E-state index in [2.05, 4.69) is 35.9 Å². The second-order valence-electron chi connectivity index (χ2n) is 7.73. The van der Waals surface area contributed by atoms with Crippen molar-refractivity contribution >= 4 is 27.6 Å². The highest BCUT2D eigenvalue weighted by Crippen LogP contribution is 2.38. The predicted octanol–water partition coefficient (Wildman–Crippen LogP) is 5.38. The maximum Gasteiger partial charge on any atom is 0.277 e. The standard InChI is InChI=1S/C24H23N3O2/c1-3-12-27-23(16-8-9-16)25-14-20(24(27)28)26-15(2)17-10-11-22-19(13-17)18-6-4-5-7-21(18)29-22/h3-7,10-11,13-16,26H,1,8-9,12H2,2H3. The summed E-state index contributed by atoms with van der Waals surface area (Å²) < 4.78 is 7.66. The van der Waals surface area contributed by atoms with Gasteiger partial charge >= 0.3 is 0 Å². The lowest BCUT2D eigenvalue weighted by Gasteiger charge is -2.17. The van der Waals surface area contributed by atoms with E-state index in [9.17, 15) is 4.79 Å². The molecule has 5 heteroatoms. The van der Waals surface area contributed by atoms with Gasteiger partial charge in [0, 0.05) is 29.3 Å². The molecule has 2 aromatic carbocycles. The highest BCUT2D eigenvalue weighted by Gasteiger charge is 2.28. The lowest BCUT2D eigenvalue weighted by Crippen LogP contribution is -2.27. The fourth-order valence-electron chi connectivity index (χ4n) is 3.91. The first-order valence-corrected chi connectivity index (χ1v) is 10.0. The number of fused-ring (bicyclic) bond motifs is 3. The molecule has 0 bridgehead atoms. The van der Waals surface area contributed by atoms with E-state index in [1.165, 1.54) is 0 Å². The Bertz CT molecular complexity index is 1280. The highest BCUT2D eigenvalue weighted by atomic mass is 16.3. The Morgan fingerprint density at radius 2 is 2.03 bits per heavy atom. The Labute approximate surface area is 168 Å². The molecule has 4 aromatic rings. The van der Waals surface area contributed by atoms with Crippen LogP contribution in [0.2, 0.25) is 0 Å². The van der Waals surface area contributed by atoms with Crippen molar-refractivity contribution in [2.24, 2.45) is 0 Å². The van der Waals surface area contributed by atoms with Crippen LogP contribution in [0.25, 0.3) is 21.9 Å². The average Bonchev–Trinajstić information content (AvgIpc) is 3.51. The van der Waals surface area contributed by atoms with E-state index in [4.69, 9.17) is 4.42 Å². The Morgan fingerprint density at radius 3 is 2.83 bits per heavy atom. The third kappa shape index (κ3) is 3.12. The van der Waals surface area contributed by atoms with E-state index >= 15 is 0 Å². The SMILES string of the molecule is C=CCn1c(C2CC2)ncc(NC(C)c2ccc3oc4ccccc4c3c2)c1=O. The van der Waals surface area contributed by atoms with Gasteiger partial charge in [-0.05, 0) is 43.5 Å². The van der Waals surface area contributed by atoms with Crippen LogP contribution in [0.15, 0.2) is 70.5 Å². The van der Waals surface area contributed by atoms with Crippen molar-refractivity contribution in [1.29, 1.82) is 0 Å². The third-order valence-corrected chi connectivity index (χ3v) is 5.60. The zero-order valence-electron chi connectivity index (χ0n) is 16.4. The van der Waals surface area contributed by atoms with Gasteiger partial charge in [-0.25, -0.2) is 4.98 Å². The van der Waals surface area contributed by atoms with Gasteiger partial charge in [-0.2, -0.15) is 0 Å². The maximum absolute atomic E-state index is 13.0. The van der Waals surface area contributed by atoms with Crippen molar-refractivity contribution in [2.75, 3.05) is 5.32 Å². The van der Waals surface area contributed by atoms with E-state index in [-0.39, 0.29) is 11.6 Å². The Hall–Kier alpha value is -3.34. The zero-order chi connectivity index (χ0) is 20.0. The molecular weight excluding hydrogens is 362 g/mol. The second-order valence-corrected chi connectivity index (χ2v) is 7.73. The molecule has 1 unspecified atom stereocenters. The highest BCUT2D eigenvalue weighted by molar-refractivity contribution is 6.05. The van der Waals surface area contributed by atoms with E-state index in [0.717, 1.165) is 46.2 Å². The van der Waals surface area contributed by atoms with E-state index in [1.54, 1.807) is 16.8 Å². The second kappa shape index (κ2) is 6.92. The lowest BCUT2D eigenvalue weighted by atomic mass is 10.0. The summed E-state index contributed by atoms with van der Waals surface area (Å²) in [5, 5.41) is 5.54. The molecule has 1 atom stereocenters. The fourth-order valence-corrected chi connectivity index (χ4v) is 3.91. The van der Waals surface area contributed by atoms with Crippen molar-refractivity contribution in [3.8, 4) is 0 Å². The molecule has 1 saturated carbocycles. The van der Waals surface area contributed by atoms with Crippen molar-refractivity contribution in [3.63, 3.8) is 0 Å². The lowest BCUT2D eigenvalue weighted by molar-refractivity contribution is 0.668. The molecule has 0 amide bonds. The number of para-hydroxylation sites is 1. The number of aromatic nitrogens is 2. The largest absolute Gasteiger partial charge is 0.456 e. The topological polar surface area (TPSA) is 60.1 Å². The summed E-state index contributed by atoms with van der Waals surface area (Å²) in [6.45, 7) is 6.32. The maximum atomic E-state index is 13.0. The quantitative estimate of drug-likeness (QED) is 0.453. The van der Waals surface area contributed by atoms with E-state index < -0.39 is 0 Å². The molecule has 5 nitrogen and oxygen atoms in total. The van der Waals surface area contributed by atoms with Crippen LogP contribution in [0.1, 0.15) is 43.1 Å². The number of allylic oxidation sites excluding steroid dienone is 1. The van der Waals surface area contributed by atoms with E-state index in [0.29, 0.717) is 18.2 Å². The molecular formula is C24H23N3O2. The minimum atomic E-state index is -0.0495. The van der Waals surface area contributed by atoms with E-state index in [1.807, 2.05) is 30.3 Å². The minimum Gasteiger partial charge on any atom is -0.456 e. The van der Waals surface area contributed by atoms with Gasteiger partial charge in [-0.1, -0.05) is 30.3 Å². The Morgan fingerprint density at radius 1 is 1.24 bits per heavy atom. The Balaban J connectivity index is 1.49. The first-order chi connectivity index (χ1) is 14.2. The van der Waals surface area contributed by atoms with Crippen LogP contribution in [0.3, 0.4) is 0 Å². The number of hydrogen-bond donors (Lipinski definition) is 1. The van der Waals surface area contributed by atoms with Gasteiger partial charge < -0.3 is 9.73 Å². The van der Waals surface area contributed by atoms with Crippen molar-refractivity contribution in [3.05, 3.63) is 83.1 Å². The Kier molecular flexibility index (Phi) is 4.23. The van der Waals surface area contributed by atoms with Crippen LogP contribution in [-0.4, -0.2) is 9.55 Å². The molecule has 1 fully saturated rings. The molecule has 1 N–H and O–H groups in total. The number of hydrogen-bond acceptors (Lipinski definition) is 4. The van der Waals surface area contributed by atoms with Gasteiger partial charge in [-0.15, -0.1) is 6.58 Å². The van der Waals surface area contributed by atoms with Crippen molar-refractivity contribution in [1.82, 2.24) is 9.55 Å². The molecule has 0 radical (unpaired) electrons. The predicted molar refractivity (Wildman–Crippen MR) is 116 cm³/mol. The fraction of sp³-hybridized carbons (Fsp3) is 0.250. The van der Waals surface area contributed by atoms with Gasteiger partial charge in [0.25, 0.3) is 5.56 Å². The first kappa shape index (κ1) is 17.7. The van der Waals surface area contributed by atoms with Crippen LogP contribution >= 0.6 is 0 Å². The molecule has 1 aliphatic carbocycles. The normalized spacial score (nSPS) is 14.9. The third-order valence-electron chi connectivity index (χ3n) is 5.60. The van der Waals surface area contributed by atoms with Crippen LogP contribution in [-0.2, 0) is 6.54 Å². The van der Waals surface area contributed by atoms with Gasteiger partial charge in [0.15, 0.2) is 0 Å². The van der Waals surface area contributed by atoms with Crippen LogP contribution in [0.4, 0.5) is 5.69 Å². The summed E-state index contributed by atoms with van der Waals surface area (Å²) in [6.07, 6.45) is 5.63. The molecule has 29 heavy (non-hydrogen) atoms. The summed E-state index contributed by atoms with van der Waals surface area (Å²) >= 11 is 0. The molecule has 0 spiro atoms. The molecule has 0 saturated heterocycles. The molecule has 146 valence electrons. The number of nitrogens with zero attached hydrogens (tertiary/aromatic N) is 2. The average molecular weight is 385 g/mol. The molecule has 1 aliphatic rings. The number of anilines is 1. The van der Waals surface area contributed by atoms with Gasteiger partial charge in [-0.3, -0.25) is 9.36 Å². The summed E-state index contributed by atoms with van der Waals surface area (Å²) in [5.41, 5.74) is 3.31. The molecule has 5 rings (SSSR count). The number of furan rings is 1. The molecule has 0 aliphatic heterocycles. The van der Waals surface area contributed by atoms with Crippen molar-refractivity contribution < 1.29 is 4.42 Å². The van der Waals surface area contributed by atoms with Crippen LogP contribution in [0, 0.1) is 0 Å². The first-order valence-electron chi connectivity index (χ1n) is 10.0. The number of nitrogens with one attached hydrogen (secondary N) is 1. The summed E-state index contributed by atoms with van der Waals surface area (Å²) in [6, 6.07) is 14.1. The van der Waals surface area contributed by atoms with Gasteiger partial charge in [0.2, 0.25) is 0 Å². The van der Waals surface area contributed by atoms with Crippen LogP contribution in [0.5, 0.6) is 0 Å².